The van der Waals surface area contributed by atoms with Gasteiger partial charge in [-0.2, -0.15) is 5.10 Å². The van der Waals surface area contributed by atoms with Gasteiger partial charge in [0.05, 0.1) is 11.2 Å². The van der Waals surface area contributed by atoms with E-state index in [1.54, 1.807) is 6.20 Å². The molecule has 1 N–H and O–H groups in total. The van der Waals surface area contributed by atoms with E-state index in [0.717, 1.165) is 0 Å². The summed E-state index contributed by atoms with van der Waals surface area (Å²) in [6, 6.07) is 0. The first kappa shape index (κ1) is 14.1. The van der Waals surface area contributed by atoms with Crippen molar-refractivity contribution in [3.8, 4) is 0 Å². The van der Waals surface area contributed by atoms with Gasteiger partial charge in [-0.3, -0.25) is 4.79 Å². The summed E-state index contributed by atoms with van der Waals surface area (Å²) < 4.78 is 1.53. The number of halogens is 1. The molecule has 1 aliphatic rings. The second-order valence-electron chi connectivity index (χ2n) is 5.31. The predicted molar refractivity (Wildman–Crippen MR) is 78.8 cm³/mol. The van der Waals surface area contributed by atoms with Gasteiger partial charge in [-0.25, -0.2) is 4.68 Å². The van der Waals surface area contributed by atoms with Gasteiger partial charge in [-0.1, -0.05) is 29.7 Å². The van der Waals surface area contributed by atoms with E-state index in [1.807, 2.05) is 19.9 Å². The quantitative estimate of drug-likeness (QED) is 0.844. The third-order valence-electron chi connectivity index (χ3n) is 3.44. The number of hydrogen-bond donors (Lipinski definition) is 1. The lowest BCUT2D eigenvalue weighted by Crippen LogP contribution is -2.30. The first-order chi connectivity index (χ1) is 9.08. The van der Waals surface area contributed by atoms with Gasteiger partial charge in [0, 0.05) is 13.1 Å². The van der Waals surface area contributed by atoms with Gasteiger partial charge in [0.25, 0.3) is 5.56 Å². The highest BCUT2D eigenvalue weighted by Gasteiger charge is 2.20. The van der Waals surface area contributed by atoms with Gasteiger partial charge in [0.15, 0.2) is 0 Å². The van der Waals surface area contributed by atoms with Crippen LogP contribution in [0.15, 0.2) is 22.6 Å². The molecule has 0 atom stereocenters. The van der Waals surface area contributed by atoms with Crippen LogP contribution in [-0.2, 0) is 6.54 Å². The van der Waals surface area contributed by atoms with Gasteiger partial charge in [-0.05, 0) is 32.6 Å². The Labute approximate surface area is 118 Å². The van der Waals surface area contributed by atoms with E-state index in [0.29, 0.717) is 29.7 Å². The number of nitrogens with zero attached hydrogens (tertiary/aromatic N) is 2. The molecule has 1 fully saturated rings. The molecular weight excluding hydrogens is 262 g/mol. The molecule has 1 heterocycles. The van der Waals surface area contributed by atoms with E-state index < -0.39 is 0 Å². The SMILES string of the molecule is CC(C)=CCNc1c(Cl)cnn(CC2CCC2)c1=O. The lowest BCUT2D eigenvalue weighted by atomic mass is 9.85. The Bertz CT molecular complexity index is 528. The third-order valence-corrected chi connectivity index (χ3v) is 3.73. The van der Waals surface area contributed by atoms with Gasteiger partial charge >= 0.3 is 0 Å². The van der Waals surface area contributed by atoms with Crippen molar-refractivity contribution in [1.29, 1.82) is 0 Å². The van der Waals surface area contributed by atoms with Crippen molar-refractivity contribution < 1.29 is 0 Å². The summed E-state index contributed by atoms with van der Waals surface area (Å²) in [5, 5.41) is 7.59. The van der Waals surface area contributed by atoms with Gasteiger partial charge in [0.1, 0.15) is 5.69 Å². The van der Waals surface area contributed by atoms with Crippen LogP contribution >= 0.6 is 11.6 Å². The fourth-order valence-electron chi connectivity index (χ4n) is 2.04. The van der Waals surface area contributed by atoms with E-state index in [2.05, 4.69) is 10.4 Å². The molecule has 1 aromatic rings. The second-order valence-corrected chi connectivity index (χ2v) is 5.72. The van der Waals surface area contributed by atoms with Crippen molar-refractivity contribution in [3.05, 3.63) is 33.2 Å². The van der Waals surface area contributed by atoms with Crippen LogP contribution in [-0.4, -0.2) is 16.3 Å². The van der Waals surface area contributed by atoms with Crippen molar-refractivity contribution in [2.75, 3.05) is 11.9 Å². The molecule has 0 amide bonds. The molecule has 0 spiro atoms. The van der Waals surface area contributed by atoms with E-state index in [1.165, 1.54) is 29.5 Å². The minimum Gasteiger partial charge on any atom is -0.376 e. The number of hydrogen-bond acceptors (Lipinski definition) is 3. The molecule has 1 saturated carbocycles. The van der Waals surface area contributed by atoms with Crippen molar-refractivity contribution in [2.24, 2.45) is 5.92 Å². The topological polar surface area (TPSA) is 46.9 Å². The summed E-state index contributed by atoms with van der Waals surface area (Å²) in [6.07, 6.45) is 7.21. The fourth-order valence-corrected chi connectivity index (χ4v) is 2.23. The average Bonchev–Trinajstić information content (AvgIpc) is 2.30. The summed E-state index contributed by atoms with van der Waals surface area (Å²) in [5.74, 6) is 0.594. The maximum atomic E-state index is 12.3. The van der Waals surface area contributed by atoms with Gasteiger partial charge in [0.2, 0.25) is 0 Å². The Morgan fingerprint density at radius 2 is 2.32 bits per heavy atom. The molecule has 4 nitrogen and oxygen atoms in total. The molecule has 19 heavy (non-hydrogen) atoms. The summed E-state index contributed by atoms with van der Waals surface area (Å²) in [4.78, 5) is 12.3. The zero-order chi connectivity index (χ0) is 13.8. The maximum Gasteiger partial charge on any atom is 0.291 e. The van der Waals surface area contributed by atoms with E-state index >= 15 is 0 Å². The summed E-state index contributed by atoms with van der Waals surface area (Å²) in [5.41, 5.74) is 1.53. The largest absolute Gasteiger partial charge is 0.376 e. The van der Waals surface area contributed by atoms with Crippen LogP contribution in [0.5, 0.6) is 0 Å². The molecule has 0 bridgehead atoms. The Morgan fingerprint density at radius 1 is 1.58 bits per heavy atom. The number of rotatable bonds is 5. The standard InChI is InChI=1S/C14H20ClN3O/c1-10(2)6-7-16-13-12(15)8-17-18(14(13)19)9-11-4-3-5-11/h6,8,11,16H,3-5,7,9H2,1-2H3. The molecule has 0 aliphatic heterocycles. The predicted octanol–water partition coefficient (Wildman–Crippen LogP) is 3.07. The first-order valence-electron chi connectivity index (χ1n) is 6.71. The Balaban J connectivity index is 2.14. The summed E-state index contributed by atoms with van der Waals surface area (Å²) >= 11 is 6.04. The first-order valence-corrected chi connectivity index (χ1v) is 7.08. The molecule has 5 heteroatoms. The lowest BCUT2D eigenvalue weighted by molar-refractivity contribution is 0.262. The van der Waals surface area contributed by atoms with Gasteiger partial charge < -0.3 is 5.32 Å². The molecular formula is C14H20ClN3O. The molecule has 104 valence electrons. The van der Waals surface area contributed by atoms with Crippen LogP contribution in [0.3, 0.4) is 0 Å². The van der Waals surface area contributed by atoms with Crippen LogP contribution in [0.1, 0.15) is 33.1 Å². The molecule has 2 rings (SSSR count). The highest BCUT2D eigenvalue weighted by molar-refractivity contribution is 6.33. The minimum absolute atomic E-state index is 0.124. The molecule has 1 aliphatic carbocycles. The third kappa shape index (κ3) is 3.60. The molecule has 0 radical (unpaired) electrons. The Morgan fingerprint density at radius 3 is 2.89 bits per heavy atom. The molecule has 0 unspecified atom stereocenters. The van der Waals surface area contributed by atoms with Crippen molar-refractivity contribution in [3.63, 3.8) is 0 Å². The highest BCUT2D eigenvalue weighted by Crippen LogP contribution is 2.27. The summed E-state index contributed by atoms with van der Waals surface area (Å²) in [6.45, 7) is 5.34. The maximum absolute atomic E-state index is 12.3. The number of allylic oxidation sites excluding steroid dienone is 1. The Hall–Kier alpha value is -1.29. The minimum atomic E-state index is -0.124. The molecule has 0 saturated heterocycles. The Kier molecular flexibility index (Phi) is 4.64. The van der Waals surface area contributed by atoms with Crippen molar-refractivity contribution >= 4 is 17.3 Å². The second kappa shape index (κ2) is 6.24. The number of anilines is 1. The zero-order valence-electron chi connectivity index (χ0n) is 11.4. The fraction of sp³-hybridized carbons (Fsp3) is 0.571. The zero-order valence-corrected chi connectivity index (χ0v) is 12.2. The smallest absolute Gasteiger partial charge is 0.291 e. The van der Waals surface area contributed by atoms with Crippen molar-refractivity contribution in [1.82, 2.24) is 9.78 Å². The van der Waals surface area contributed by atoms with Gasteiger partial charge in [-0.15, -0.1) is 0 Å². The van der Waals surface area contributed by atoms with Crippen LogP contribution in [0, 0.1) is 5.92 Å². The van der Waals surface area contributed by atoms with E-state index in [-0.39, 0.29) is 5.56 Å². The van der Waals surface area contributed by atoms with Crippen LogP contribution in [0.25, 0.3) is 0 Å². The normalized spacial score (nSPS) is 14.9. The van der Waals surface area contributed by atoms with Crippen LogP contribution in [0.2, 0.25) is 5.02 Å². The lowest BCUT2D eigenvalue weighted by Gasteiger charge is -2.25. The molecule has 0 aromatic carbocycles. The van der Waals surface area contributed by atoms with Crippen molar-refractivity contribution in [2.45, 2.75) is 39.7 Å². The van der Waals surface area contributed by atoms with E-state index in [9.17, 15) is 4.79 Å². The highest BCUT2D eigenvalue weighted by atomic mass is 35.5. The number of nitrogens with one attached hydrogen (secondary N) is 1. The van der Waals surface area contributed by atoms with E-state index in [4.69, 9.17) is 11.6 Å². The monoisotopic (exact) mass is 281 g/mol. The van der Waals surface area contributed by atoms with Crippen LogP contribution < -0.4 is 10.9 Å². The molecule has 1 aromatic heterocycles. The average molecular weight is 282 g/mol. The number of aromatic nitrogens is 2. The summed E-state index contributed by atoms with van der Waals surface area (Å²) in [7, 11) is 0. The van der Waals surface area contributed by atoms with Crippen LogP contribution in [0.4, 0.5) is 5.69 Å².